The van der Waals surface area contributed by atoms with Crippen molar-refractivity contribution in [2.24, 2.45) is 10.8 Å². The number of nitrogens with zero attached hydrogens (tertiary/aromatic N) is 1. The lowest BCUT2D eigenvalue weighted by molar-refractivity contribution is 1.05. The van der Waals surface area contributed by atoms with Gasteiger partial charge in [-0.2, -0.15) is 0 Å². The number of nitrogens with one attached hydrogen (secondary N) is 1. The minimum Gasteiger partial charge on any atom is -0.315 e. The lowest BCUT2D eigenvalue weighted by atomic mass is 11.0. The van der Waals surface area contributed by atoms with Crippen molar-refractivity contribution in [3.8, 4) is 0 Å². The first-order valence-corrected chi connectivity index (χ1v) is 2.28. The van der Waals surface area contributed by atoms with Crippen LogP contribution >= 0.6 is 0 Å². The summed E-state index contributed by atoms with van der Waals surface area (Å²) in [6.45, 7) is 4.00. The Kier molecular flexibility index (Phi) is 24.9. The zero-order valence-electron chi connectivity index (χ0n) is 5.10. The molecule has 0 aromatic heterocycles. The number of hydrogen-bond donors (Lipinski definition) is 2. The number of hydrazine groups is 1. The van der Waals surface area contributed by atoms with Gasteiger partial charge < -0.3 is 5.43 Å². The molecule has 3 N–H and O–H groups in total. The SMILES string of the molecule is CC.CN=CNN. The summed E-state index contributed by atoms with van der Waals surface area (Å²) < 4.78 is 0. The van der Waals surface area contributed by atoms with Crippen molar-refractivity contribution in [2.45, 2.75) is 13.8 Å². The number of rotatable bonds is 1. The molecule has 0 aliphatic carbocycles. The van der Waals surface area contributed by atoms with E-state index in [1.807, 2.05) is 13.8 Å². The molecule has 0 rings (SSSR count). The Bertz CT molecular complexity index is 33.9. The Balaban J connectivity index is 0. The van der Waals surface area contributed by atoms with Crippen molar-refractivity contribution in [2.75, 3.05) is 7.05 Å². The van der Waals surface area contributed by atoms with E-state index in [0.717, 1.165) is 0 Å². The van der Waals surface area contributed by atoms with Crippen molar-refractivity contribution in [3.05, 3.63) is 0 Å². The average Bonchev–Trinajstić information content (AvgIpc) is 1.75. The number of aliphatic imine (C=N–C) groups is 1. The van der Waals surface area contributed by atoms with E-state index >= 15 is 0 Å². The van der Waals surface area contributed by atoms with Crippen LogP contribution in [0.25, 0.3) is 0 Å². The molecular formula is C4H13N3. The lowest BCUT2D eigenvalue weighted by Gasteiger charge is -1.75. The Morgan fingerprint density at radius 3 is 2.00 bits per heavy atom. The molecular weight excluding hydrogens is 90.1 g/mol. The topological polar surface area (TPSA) is 50.4 Å². The van der Waals surface area contributed by atoms with E-state index in [1.54, 1.807) is 7.05 Å². The highest BCUT2D eigenvalue weighted by molar-refractivity contribution is 5.52. The fraction of sp³-hybridized carbons (Fsp3) is 0.750. The molecule has 0 aliphatic rings. The molecule has 7 heavy (non-hydrogen) atoms. The lowest BCUT2D eigenvalue weighted by Crippen LogP contribution is -2.18. The Morgan fingerprint density at radius 1 is 1.57 bits per heavy atom. The summed E-state index contributed by atoms with van der Waals surface area (Å²) in [5.41, 5.74) is 2.23. The van der Waals surface area contributed by atoms with Gasteiger partial charge in [0.1, 0.15) is 0 Å². The van der Waals surface area contributed by atoms with Gasteiger partial charge in [0.15, 0.2) is 0 Å². The third-order valence-corrected chi connectivity index (χ3v) is 0.204. The Labute approximate surface area is 44.6 Å². The van der Waals surface area contributed by atoms with Crippen molar-refractivity contribution in [1.29, 1.82) is 0 Å². The monoisotopic (exact) mass is 103 g/mol. The van der Waals surface area contributed by atoms with E-state index in [4.69, 9.17) is 5.84 Å². The molecule has 0 aromatic rings. The van der Waals surface area contributed by atoms with Gasteiger partial charge in [0.2, 0.25) is 0 Å². The predicted octanol–water partition coefficient (Wildman–Crippen LogP) is 0.134. The summed E-state index contributed by atoms with van der Waals surface area (Å²) in [5.74, 6) is 4.74. The molecule has 3 nitrogen and oxygen atoms in total. The maximum absolute atomic E-state index is 4.74. The molecule has 0 saturated heterocycles. The van der Waals surface area contributed by atoms with Gasteiger partial charge in [-0.05, 0) is 0 Å². The second-order valence-electron chi connectivity index (χ2n) is 0.554. The van der Waals surface area contributed by atoms with Crippen LogP contribution in [-0.2, 0) is 0 Å². The summed E-state index contributed by atoms with van der Waals surface area (Å²) in [6.07, 6.45) is 1.40. The average molecular weight is 103 g/mol. The summed E-state index contributed by atoms with van der Waals surface area (Å²) in [4.78, 5) is 3.49. The Hall–Kier alpha value is -0.570. The second-order valence-corrected chi connectivity index (χ2v) is 0.554. The van der Waals surface area contributed by atoms with Gasteiger partial charge in [-0.25, -0.2) is 5.84 Å². The van der Waals surface area contributed by atoms with Crippen molar-refractivity contribution in [3.63, 3.8) is 0 Å². The van der Waals surface area contributed by atoms with Gasteiger partial charge in [-0.1, -0.05) is 13.8 Å². The normalized spacial score (nSPS) is 7.43. The highest BCUT2D eigenvalue weighted by Gasteiger charge is 1.45. The number of nitrogens with two attached hydrogens (primary N) is 1. The van der Waals surface area contributed by atoms with Crippen LogP contribution in [0.3, 0.4) is 0 Å². The van der Waals surface area contributed by atoms with Crippen LogP contribution in [0.5, 0.6) is 0 Å². The fourth-order valence-corrected chi connectivity index (χ4v) is 0.0745. The summed E-state index contributed by atoms with van der Waals surface area (Å²) in [7, 11) is 1.64. The molecule has 0 heterocycles. The molecule has 0 spiro atoms. The molecule has 0 atom stereocenters. The summed E-state index contributed by atoms with van der Waals surface area (Å²) in [6, 6.07) is 0. The summed E-state index contributed by atoms with van der Waals surface area (Å²) in [5, 5.41) is 0. The Morgan fingerprint density at radius 2 is 2.00 bits per heavy atom. The van der Waals surface area contributed by atoms with Gasteiger partial charge >= 0.3 is 0 Å². The zero-order valence-corrected chi connectivity index (χ0v) is 5.10. The fourth-order valence-electron chi connectivity index (χ4n) is 0.0745. The van der Waals surface area contributed by atoms with E-state index < -0.39 is 0 Å². The first-order valence-electron chi connectivity index (χ1n) is 2.28. The third kappa shape index (κ3) is 31.2. The molecule has 0 radical (unpaired) electrons. The van der Waals surface area contributed by atoms with Gasteiger partial charge in [-0.3, -0.25) is 4.99 Å². The van der Waals surface area contributed by atoms with Crippen LogP contribution in [-0.4, -0.2) is 13.4 Å². The van der Waals surface area contributed by atoms with E-state index in [-0.39, 0.29) is 0 Å². The van der Waals surface area contributed by atoms with Gasteiger partial charge in [0, 0.05) is 7.05 Å². The third-order valence-electron chi connectivity index (χ3n) is 0.204. The van der Waals surface area contributed by atoms with Gasteiger partial charge in [-0.15, -0.1) is 0 Å². The summed E-state index contributed by atoms with van der Waals surface area (Å²) >= 11 is 0. The molecule has 0 fully saturated rings. The quantitative estimate of drug-likeness (QED) is 0.214. The highest BCUT2D eigenvalue weighted by atomic mass is 15.2. The first-order chi connectivity index (χ1) is 3.41. The van der Waals surface area contributed by atoms with Crippen LogP contribution in [0.2, 0.25) is 0 Å². The van der Waals surface area contributed by atoms with Crippen LogP contribution in [0.1, 0.15) is 13.8 Å². The van der Waals surface area contributed by atoms with Gasteiger partial charge in [0.05, 0.1) is 6.34 Å². The molecule has 0 amide bonds. The van der Waals surface area contributed by atoms with E-state index in [9.17, 15) is 0 Å². The maximum Gasteiger partial charge on any atom is 0.0960 e. The van der Waals surface area contributed by atoms with E-state index in [2.05, 4.69) is 10.4 Å². The minimum atomic E-state index is 1.40. The predicted molar refractivity (Wildman–Crippen MR) is 33.1 cm³/mol. The first kappa shape index (κ1) is 9.66. The standard InChI is InChI=1S/C2H7N3.C2H6/c1-4-2-5-3;1-2/h2H,3H2,1H3,(H,4,5);1-2H3. The molecule has 0 aromatic carbocycles. The zero-order chi connectivity index (χ0) is 6.12. The van der Waals surface area contributed by atoms with Crippen LogP contribution in [0.4, 0.5) is 0 Å². The van der Waals surface area contributed by atoms with Crippen LogP contribution in [0, 0.1) is 0 Å². The smallest absolute Gasteiger partial charge is 0.0960 e. The molecule has 44 valence electrons. The molecule has 0 unspecified atom stereocenters. The van der Waals surface area contributed by atoms with Crippen molar-refractivity contribution >= 4 is 6.34 Å². The van der Waals surface area contributed by atoms with Crippen LogP contribution in [0.15, 0.2) is 4.99 Å². The molecule has 3 heteroatoms. The van der Waals surface area contributed by atoms with Crippen molar-refractivity contribution in [1.82, 2.24) is 5.43 Å². The largest absolute Gasteiger partial charge is 0.315 e. The van der Waals surface area contributed by atoms with E-state index in [0.29, 0.717) is 0 Å². The maximum atomic E-state index is 4.74. The molecule has 0 saturated carbocycles. The second kappa shape index (κ2) is 18.0. The van der Waals surface area contributed by atoms with E-state index in [1.165, 1.54) is 6.34 Å². The minimum absolute atomic E-state index is 1.40. The molecule has 0 aliphatic heterocycles. The number of hydrogen-bond acceptors (Lipinski definition) is 2. The molecule has 0 bridgehead atoms. The van der Waals surface area contributed by atoms with Gasteiger partial charge in [0.25, 0.3) is 0 Å². The highest BCUT2D eigenvalue weighted by Crippen LogP contribution is 1.34. The van der Waals surface area contributed by atoms with Crippen molar-refractivity contribution < 1.29 is 0 Å². The van der Waals surface area contributed by atoms with Crippen LogP contribution < -0.4 is 11.3 Å².